The Morgan fingerprint density at radius 2 is 1.88 bits per heavy atom. The van der Waals surface area contributed by atoms with Gasteiger partial charge < -0.3 is 9.47 Å². The number of sulfonamides is 1. The van der Waals surface area contributed by atoms with E-state index in [0.29, 0.717) is 41.4 Å². The number of amides is 1. The second-order valence-electron chi connectivity index (χ2n) is 7.19. The lowest BCUT2D eigenvalue weighted by atomic mass is 10.2. The van der Waals surface area contributed by atoms with Crippen molar-refractivity contribution in [3.8, 4) is 0 Å². The van der Waals surface area contributed by atoms with Crippen LogP contribution in [0.5, 0.6) is 0 Å². The van der Waals surface area contributed by atoms with E-state index in [1.54, 1.807) is 19.9 Å². The minimum atomic E-state index is -4.50. The van der Waals surface area contributed by atoms with Crippen LogP contribution in [0.15, 0.2) is 35.7 Å². The topological polar surface area (TPSA) is 75.5 Å². The van der Waals surface area contributed by atoms with Gasteiger partial charge >= 0.3 is 6.18 Å². The first kappa shape index (κ1) is 25.9. The smallest absolute Gasteiger partial charge is 0.330 e. The van der Waals surface area contributed by atoms with Crippen molar-refractivity contribution < 1.29 is 26.4 Å². The van der Waals surface area contributed by atoms with Crippen molar-refractivity contribution in [1.82, 2.24) is 18.8 Å². The second kappa shape index (κ2) is 10.5. The summed E-state index contributed by atoms with van der Waals surface area (Å²) in [5.41, 5.74) is 1.16. The molecule has 1 aromatic heterocycles. The van der Waals surface area contributed by atoms with Gasteiger partial charge in [-0.3, -0.25) is 4.79 Å². The highest BCUT2D eigenvalue weighted by atomic mass is 32.2. The highest BCUT2D eigenvalue weighted by molar-refractivity contribution is 7.89. The van der Waals surface area contributed by atoms with Crippen molar-refractivity contribution in [2.75, 3.05) is 26.2 Å². The van der Waals surface area contributed by atoms with Gasteiger partial charge in [-0.1, -0.05) is 19.9 Å². The molecule has 0 spiro atoms. The number of hydrogen-bond donors (Lipinski definition) is 0. The van der Waals surface area contributed by atoms with Gasteiger partial charge in [0.05, 0.1) is 15.9 Å². The number of hydrogen-bond acceptors (Lipinski definition) is 4. The molecule has 11 heteroatoms. The Kier molecular flexibility index (Phi) is 8.47. The largest absolute Gasteiger partial charge is 0.406 e. The first-order chi connectivity index (χ1) is 15.0. The molecule has 178 valence electrons. The fourth-order valence-corrected chi connectivity index (χ4v) is 5.06. The van der Waals surface area contributed by atoms with Crippen LogP contribution in [0.3, 0.4) is 0 Å². The molecule has 32 heavy (non-hydrogen) atoms. The maximum Gasteiger partial charge on any atom is 0.406 e. The van der Waals surface area contributed by atoms with Gasteiger partial charge in [-0.25, -0.2) is 13.4 Å². The van der Waals surface area contributed by atoms with Crippen LogP contribution in [0.4, 0.5) is 13.2 Å². The third kappa shape index (κ3) is 5.89. The molecular formula is C21H29F3N4O3S. The van der Waals surface area contributed by atoms with Crippen LogP contribution in [0.2, 0.25) is 0 Å². The summed E-state index contributed by atoms with van der Waals surface area (Å²) in [5.74, 6) is -0.138. The van der Waals surface area contributed by atoms with Gasteiger partial charge in [0.25, 0.3) is 0 Å². The molecule has 0 fully saturated rings. The quantitative estimate of drug-likeness (QED) is 0.467. The van der Waals surface area contributed by atoms with E-state index in [9.17, 15) is 26.4 Å². The van der Waals surface area contributed by atoms with Gasteiger partial charge in [-0.05, 0) is 25.1 Å². The first-order valence-corrected chi connectivity index (χ1v) is 11.9. The number of fused-ring (bicyclic) bond motifs is 1. The van der Waals surface area contributed by atoms with Crippen molar-refractivity contribution in [1.29, 1.82) is 0 Å². The van der Waals surface area contributed by atoms with Crippen LogP contribution < -0.4 is 0 Å². The minimum Gasteiger partial charge on any atom is -0.330 e. The van der Waals surface area contributed by atoms with Gasteiger partial charge in [0.1, 0.15) is 12.4 Å². The third-order valence-corrected chi connectivity index (χ3v) is 7.14. The zero-order chi connectivity index (χ0) is 24.1. The Bertz CT molecular complexity index is 1060. The van der Waals surface area contributed by atoms with Crippen LogP contribution in [-0.4, -0.2) is 65.4 Å². The van der Waals surface area contributed by atoms with Gasteiger partial charge in [0, 0.05) is 39.0 Å². The summed E-state index contributed by atoms with van der Waals surface area (Å²) in [6, 6.07) is 4.68. The van der Waals surface area contributed by atoms with Crippen molar-refractivity contribution in [3.63, 3.8) is 0 Å². The van der Waals surface area contributed by atoms with E-state index in [2.05, 4.69) is 11.6 Å². The third-order valence-electron chi connectivity index (χ3n) is 5.09. The Morgan fingerprint density at radius 1 is 1.22 bits per heavy atom. The van der Waals surface area contributed by atoms with Crippen molar-refractivity contribution in [2.45, 2.75) is 51.2 Å². The molecule has 7 nitrogen and oxygen atoms in total. The maximum absolute atomic E-state index is 12.8. The van der Waals surface area contributed by atoms with E-state index in [1.165, 1.54) is 22.5 Å². The van der Waals surface area contributed by atoms with Gasteiger partial charge in [-0.2, -0.15) is 17.5 Å². The van der Waals surface area contributed by atoms with Crippen molar-refractivity contribution >= 4 is 27.0 Å². The SMILES string of the molecule is C=CCN(CC(F)(F)F)C(=O)CCc1nc2cc(S(=O)(=O)N(CC)CC)ccc2n1CC. The molecule has 0 unspecified atom stereocenters. The zero-order valence-corrected chi connectivity index (χ0v) is 19.3. The number of carbonyl (C=O) groups is 1. The summed E-state index contributed by atoms with van der Waals surface area (Å²) in [6.07, 6.45) is -3.27. The molecule has 1 aromatic carbocycles. The van der Waals surface area contributed by atoms with Gasteiger partial charge in [0.15, 0.2) is 0 Å². The van der Waals surface area contributed by atoms with Crippen LogP contribution in [0.1, 0.15) is 33.0 Å². The van der Waals surface area contributed by atoms with Crippen LogP contribution in [0.25, 0.3) is 11.0 Å². The lowest BCUT2D eigenvalue weighted by molar-refractivity contribution is -0.160. The summed E-state index contributed by atoms with van der Waals surface area (Å²) in [4.78, 5) is 17.7. The number of rotatable bonds is 11. The van der Waals surface area contributed by atoms with E-state index in [0.717, 1.165) is 0 Å². The normalized spacial score (nSPS) is 12.5. The van der Waals surface area contributed by atoms with Crippen LogP contribution >= 0.6 is 0 Å². The molecule has 0 aliphatic carbocycles. The molecule has 0 atom stereocenters. The number of aromatic nitrogens is 2. The molecule has 0 radical (unpaired) electrons. The van der Waals surface area contributed by atoms with E-state index in [1.807, 2.05) is 11.5 Å². The maximum atomic E-state index is 12.8. The summed E-state index contributed by atoms with van der Waals surface area (Å²) >= 11 is 0. The van der Waals surface area contributed by atoms with E-state index >= 15 is 0 Å². The number of benzene rings is 1. The summed E-state index contributed by atoms with van der Waals surface area (Å²) in [7, 11) is -3.66. The molecule has 0 aliphatic heterocycles. The van der Waals surface area contributed by atoms with E-state index in [-0.39, 0.29) is 24.3 Å². The van der Waals surface area contributed by atoms with Crippen molar-refractivity contribution in [3.05, 3.63) is 36.7 Å². The Labute approximate surface area is 186 Å². The molecule has 1 heterocycles. The monoisotopic (exact) mass is 474 g/mol. The molecule has 1 amide bonds. The fourth-order valence-electron chi connectivity index (χ4n) is 3.58. The van der Waals surface area contributed by atoms with Gasteiger partial charge in [-0.15, -0.1) is 6.58 Å². The molecule has 0 aliphatic rings. The number of alkyl halides is 3. The molecule has 0 saturated carbocycles. The Balaban J connectivity index is 2.31. The average Bonchev–Trinajstić information content (AvgIpc) is 3.08. The average molecular weight is 475 g/mol. The first-order valence-electron chi connectivity index (χ1n) is 10.4. The predicted octanol–water partition coefficient (Wildman–Crippen LogP) is 3.60. The standard InChI is InChI=1S/C21H29F3N4O3S/c1-5-13-26(15-21(22,23)24)20(29)12-11-19-25-17-14-16(9-10-18(17)28(19)8-4)32(30,31)27(6-2)7-3/h5,9-10,14H,1,6-8,11-13,15H2,2-4H3. The number of imidazole rings is 1. The molecule has 2 rings (SSSR count). The highest BCUT2D eigenvalue weighted by Crippen LogP contribution is 2.24. The van der Waals surface area contributed by atoms with Crippen molar-refractivity contribution in [2.24, 2.45) is 0 Å². The van der Waals surface area contributed by atoms with E-state index in [4.69, 9.17) is 0 Å². The Morgan fingerprint density at radius 3 is 2.41 bits per heavy atom. The lowest BCUT2D eigenvalue weighted by Gasteiger charge is -2.22. The molecule has 0 N–H and O–H groups in total. The summed E-state index contributed by atoms with van der Waals surface area (Å²) in [5, 5.41) is 0. The molecule has 2 aromatic rings. The summed E-state index contributed by atoms with van der Waals surface area (Å²) < 4.78 is 67.1. The molecular weight excluding hydrogens is 445 g/mol. The number of nitrogens with zero attached hydrogens (tertiary/aromatic N) is 4. The highest BCUT2D eigenvalue weighted by Gasteiger charge is 2.32. The van der Waals surface area contributed by atoms with Crippen LogP contribution in [-0.2, 0) is 27.8 Å². The number of carbonyl (C=O) groups excluding carboxylic acids is 1. The van der Waals surface area contributed by atoms with E-state index < -0.39 is 28.7 Å². The second-order valence-corrected chi connectivity index (χ2v) is 9.13. The Hall–Kier alpha value is -2.40. The number of aryl methyl sites for hydroxylation is 2. The zero-order valence-electron chi connectivity index (χ0n) is 18.5. The van der Waals surface area contributed by atoms with Gasteiger partial charge in [0.2, 0.25) is 15.9 Å². The summed E-state index contributed by atoms with van der Waals surface area (Å²) in [6.45, 7) is 8.46. The predicted molar refractivity (Wildman–Crippen MR) is 117 cm³/mol. The fraction of sp³-hybridized carbons (Fsp3) is 0.524. The molecule has 0 bridgehead atoms. The molecule has 0 saturated heterocycles. The minimum absolute atomic E-state index is 0.124. The number of halogens is 3. The lowest BCUT2D eigenvalue weighted by Crippen LogP contribution is -2.39. The van der Waals surface area contributed by atoms with Crippen LogP contribution in [0, 0.1) is 0 Å².